The van der Waals surface area contributed by atoms with E-state index in [1.165, 1.54) is 25.3 Å². The van der Waals surface area contributed by atoms with Crippen LogP contribution < -0.4 is 10.1 Å². The molecule has 0 saturated heterocycles. The summed E-state index contributed by atoms with van der Waals surface area (Å²) in [5, 5.41) is 2.78. The molecule has 5 heteroatoms. The summed E-state index contributed by atoms with van der Waals surface area (Å²) in [4.78, 5) is 12.1. The zero-order valence-electron chi connectivity index (χ0n) is 10.8. The minimum atomic E-state index is -0.441. The van der Waals surface area contributed by atoms with Crippen LogP contribution in [0.25, 0.3) is 0 Å². The minimum absolute atomic E-state index is 0.217. The molecule has 0 aliphatic carbocycles. The molecule has 0 spiro atoms. The van der Waals surface area contributed by atoms with Gasteiger partial charge in [0.1, 0.15) is 11.6 Å². The molecule has 0 fully saturated rings. The average molecular weight is 338 g/mol. The van der Waals surface area contributed by atoms with Crippen LogP contribution in [0.5, 0.6) is 5.75 Å². The second-order valence-electron chi connectivity index (χ2n) is 4.12. The second kappa shape index (κ2) is 6.52. The van der Waals surface area contributed by atoms with Gasteiger partial charge in [0, 0.05) is 17.1 Å². The molecule has 1 amide bonds. The Balaban J connectivity index is 2.11. The van der Waals surface area contributed by atoms with Gasteiger partial charge in [-0.15, -0.1) is 0 Å². The van der Waals surface area contributed by atoms with Crippen LogP contribution in [-0.2, 0) is 6.54 Å². The summed E-state index contributed by atoms with van der Waals surface area (Å²) < 4.78 is 19.0. The van der Waals surface area contributed by atoms with Crippen molar-refractivity contribution in [3.05, 3.63) is 63.9 Å². The summed E-state index contributed by atoms with van der Waals surface area (Å²) in [6, 6.07) is 11.4. The van der Waals surface area contributed by atoms with Gasteiger partial charge in [0.25, 0.3) is 5.91 Å². The summed E-state index contributed by atoms with van der Waals surface area (Å²) >= 11 is 3.41. The van der Waals surface area contributed by atoms with Gasteiger partial charge in [-0.25, -0.2) is 4.39 Å². The summed E-state index contributed by atoms with van der Waals surface area (Å²) in [5.74, 6) is -0.531. The van der Waals surface area contributed by atoms with Gasteiger partial charge in [-0.3, -0.25) is 4.79 Å². The van der Waals surface area contributed by atoms with E-state index in [-0.39, 0.29) is 11.7 Å². The molecule has 0 aromatic heterocycles. The highest BCUT2D eigenvalue weighted by Crippen LogP contribution is 2.20. The number of methoxy groups -OCH3 is 1. The van der Waals surface area contributed by atoms with E-state index in [9.17, 15) is 9.18 Å². The Labute approximate surface area is 124 Å². The molecule has 0 saturated carbocycles. The Kier molecular flexibility index (Phi) is 4.74. The fourth-order valence-corrected chi connectivity index (χ4v) is 2.19. The zero-order valence-corrected chi connectivity index (χ0v) is 12.4. The number of amides is 1. The number of ether oxygens (including phenoxy) is 1. The van der Waals surface area contributed by atoms with Crippen molar-refractivity contribution in [1.82, 2.24) is 5.32 Å². The maximum Gasteiger partial charge on any atom is 0.255 e. The molecular weight excluding hydrogens is 325 g/mol. The fourth-order valence-electron chi connectivity index (χ4n) is 1.77. The van der Waals surface area contributed by atoms with Crippen molar-refractivity contribution in [3.8, 4) is 5.75 Å². The molecule has 2 aromatic rings. The number of hydrogen-bond acceptors (Lipinski definition) is 2. The normalized spacial score (nSPS) is 10.2. The predicted molar refractivity (Wildman–Crippen MR) is 78.3 cm³/mol. The molecule has 0 aliphatic heterocycles. The highest BCUT2D eigenvalue weighted by molar-refractivity contribution is 9.10. The number of carbonyl (C=O) groups is 1. The Bertz CT molecular complexity index is 631. The smallest absolute Gasteiger partial charge is 0.255 e. The van der Waals surface area contributed by atoms with Crippen molar-refractivity contribution in [1.29, 1.82) is 0 Å². The van der Waals surface area contributed by atoms with Crippen molar-refractivity contribution in [2.24, 2.45) is 0 Å². The van der Waals surface area contributed by atoms with Crippen molar-refractivity contribution in [2.45, 2.75) is 6.54 Å². The van der Waals surface area contributed by atoms with Gasteiger partial charge >= 0.3 is 0 Å². The lowest BCUT2D eigenvalue weighted by Gasteiger charge is -2.10. The predicted octanol–water partition coefficient (Wildman–Crippen LogP) is 3.53. The van der Waals surface area contributed by atoms with Crippen LogP contribution >= 0.6 is 15.9 Å². The maximum absolute atomic E-state index is 13.1. The third-order valence-corrected chi connectivity index (χ3v) is 3.58. The monoisotopic (exact) mass is 337 g/mol. The topological polar surface area (TPSA) is 38.3 Å². The van der Waals surface area contributed by atoms with Gasteiger partial charge < -0.3 is 10.1 Å². The summed E-state index contributed by atoms with van der Waals surface area (Å²) in [6.45, 7) is 0.376. The van der Waals surface area contributed by atoms with E-state index < -0.39 is 5.82 Å². The van der Waals surface area contributed by atoms with Gasteiger partial charge in [0.15, 0.2) is 0 Å². The number of hydrogen-bond donors (Lipinski definition) is 1. The lowest BCUT2D eigenvalue weighted by atomic mass is 10.1. The number of benzene rings is 2. The minimum Gasteiger partial charge on any atom is -0.496 e. The quantitative estimate of drug-likeness (QED) is 0.926. The van der Waals surface area contributed by atoms with E-state index in [0.717, 1.165) is 10.0 Å². The molecule has 0 atom stereocenters. The summed E-state index contributed by atoms with van der Waals surface area (Å²) in [6.07, 6.45) is 0. The van der Waals surface area contributed by atoms with Gasteiger partial charge in [-0.2, -0.15) is 0 Å². The first-order valence-corrected chi connectivity index (χ1v) is 6.76. The van der Waals surface area contributed by atoms with Crippen molar-refractivity contribution in [2.75, 3.05) is 7.11 Å². The van der Waals surface area contributed by atoms with Crippen molar-refractivity contribution >= 4 is 21.8 Å². The van der Waals surface area contributed by atoms with Crippen LogP contribution in [0.3, 0.4) is 0 Å². The maximum atomic E-state index is 13.1. The van der Waals surface area contributed by atoms with E-state index in [2.05, 4.69) is 21.2 Å². The van der Waals surface area contributed by atoms with Crippen LogP contribution in [0.4, 0.5) is 4.39 Å². The summed E-state index contributed by atoms with van der Waals surface area (Å²) in [5.41, 5.74) is 1.27. The van der Waals surface area contributed by atoms with Gasteiger partial charge in [0.05, 0.1) is 12.7 Å². The molecule has 0 bridgehead atoms. The molecule has 0 radical (unpaired) electrons. The van der Waals surface area contributed by atoms with E-state index >= 15 is 0 Å². The molecular formula is C15H13BrFNO2. The highest BCUT2D eigenvalue weighted by Gasteiger charge is 2.13. The number of rotatable bonds is 4. The van der Waals surface area contributed by atoms with Crippen LogP contribution in [0.15, 0.2) is 46.9 Å². The molecule has 104 valence electrons. The number of carbonyl (C=O) groups excluding carboxylic acids is 1. The third-order valence-electron chi connectivity index (χ3n) is 2.81. The van der Waals surface area contributed by atoms with Gasteiger partial charge in [-0.1, -0.05) is 34.1 Å². The first-order valence-electron chi connectivity index (χ1n) is 5.97. The lowest BCUT2D eigenvalue weighted by Crippen LogP contribution is -2.23. The summed E-state index contributed by atoms with van der Waals surface area (Å²) in [7, 11) is 1.40. The molecule has 1 N–H and O–H groups in total. The molecule has 20 heavy (non-hydrogen) atoms. The van der Waals surface area contributed by atoms with E-state index in [0.29, 0.717) is 12.1 Å². The first kappa shape index (κ1) is 14.5. The lowest BCUT2D eigenvalue weighted by molar-refractivity contribution is 0.0947. The molecule has 2 aromatic carbocycles. The third kappa shape index (κ3) is 3.36. The van der Waals surface area contributed by atoms with Crippen LogP contribution in [0.1, 0.15) is 15.9 Å². The molecule has 0 aliphatic rings. The van der Waals surface area contributed by atoms with Gasteiger partial charge in [-0.05, 0) is 23.8 Å². The Morgan fingerprint density at radius 1 is 1.30 bits per heavy atom. The number of halogens is 2. The number of nitrogens with one attached hydrogen (secondary N) is 1. The molecule has 3 nitrogen and oxygen atoms in total. The Hall–Kier alpha value is -1.88. The van der Waals surface area contributed by atoms with E-state index in [4.69, 9.17) is 4.74 Å². The average Bonchev–Trinajstić information content (AvgIpc) is 2.46. The van der Waals surface area contributed by atoms with Crippen molar-refractivity contribution < 1.29 is 13.9 Å². The van der Waals surface area contributed by atoms with Crippen LogP contribution in [0, 0.1) is 5.82 Å². The van der Waals surface area contributed by atoms with Crippen LogP contribution in [0.2, 0.25) is 0 Å². The SMILES string of the molecule is COc1cc(F)ccc1C(=O)NCc1ccccc1Br. The highest BCUT2D eigenvalue weighted by atomic mass is 79.9. The second-order valence-corrected chi connectivity index (χ2v) is 4.97. The molecule has 0 unspecified atom stereocenters. The fraction of sp³-hybridized carbons (Fsp3) is 0.133. The molecule has 0 heterocycles. The van der Waals surface area contributed by atoms with Crippen molar-refractivity contribution in [3.63, 3.8) is 0 Å². The van der Waals surface area contributed by atoms with Gasteiger partial charge in [0.2, 0.25) is 0 Å². The Morgan fingerprint density at radius 3 is 2.75 bits per heavy atom. The Morgan fingerprint density at radius 2 is 2.05 bits per heavy atom. The van der Waals surface area contributed by atoms with E-state index in [1.807, 2.05) is 24.3 Å². The molecule has 2 rings (SSSR count). The van der Waals surface area contributed by atoms with E-state index in [1.54, 1.807) is 0 Å². The standard InChI is InChI=1S/C15H13BrFNO2/c1-20-14-8-11(17)6-7-12(14)15(19)18-9-10-4-2-3-5-13(10)16/h2-8H,9H2,1H3,(H,18,19). The first-order chi connectivity index (χ1) is 9.61. The van der Waals surface area contributed by atoms with Crippen LogP contribution in [-0.4, -0.2) is 13.0 Å². The largest absolute Gasteiger partial charge is 0.496 e. The zero-order chi connectivity index (χ0) is 14.5.